The Hall–Kier alpha value is -1.17. The molecule has 5 heteroatoms. The van der Waals surface area contributed by atoms with Crippen molar-refractivity contribution in [2.45, 2.75) is 25.4 Å². The summed E-state index contributed by atoms with van der Waals surface area (Å²) in [6, 6.07) is 2.29. The topological polar surface area (TPSA) is 37.8 Å². The number of nitrogens with zero attached hydrogens (tertiary/aromatic N) is 3. The molecule has 0 N–H and O–H groups in total. The molecule has 2 aliphatic heterocycles. The molecule has 0 bridgehead atoms. The van der Waals surface area contributed by atoms with Gasteiger partial charge in [0.1, 0.15) is 0 Å². The van der Waals surface area contributed by atoms with Crippen LogP contribution in [0.4, 0.5) is 5.69 Å². The first-order valence-electron chi connectivity index (χ1n) is 8.38. The Morgan fingerprint density at radius 3 is 3.00 bits per heavy atom. The average molecular weight is 305 g/mol. The third kappa shape index (κ3) is 4.41. The van der Waals surface area contributed by atoms with E-state index in [-0.39, 0.29) is 6.10 Å². The number of ether oxygens (including phenoxy) is 2. The minimum absolute atomic E-state index is 0.240. The molecule has 0 aromatic carbocycles. The van der Waals surface area contributed by atoms with Crippen LogP contribution in [0.15, 0.2) is 18.5 Å². The fourth-order valence-corrected chi connectivity index (χ4v) is 3.12. The molecule has 1 aromatic rings. The Morgan fingerprint density at radius 1 is 1.18 bits per heavy atom. The third-order valence-corrected chi connectivity index (χ3v) is 4.51. The quantitative estimate of drug-likeness (QED) is 0.844. The van der Waals surface area contributed by atoms with E-state index in [0.29, 0.717) is 0 Å². The van der Waals surface area contributed by atoms with Gasteiger partial charge in [-0.15, -0.1) is 0 Å². The highest BCUT2D eigenvalue weighted by atomic mass is 16.6. The molecule has 2 saturated heterocycles. The highest BCUT2D eigenvalue weighted by Crippen LogP contribution is 2.18. The number of likely N-dealkylation sites (N-methyl/N-ethyl adjacent to an activating group) is 1. The van der Waals surface area contributed by atoms with Crippen molar-refractivity contribution in [3.63, 3.8) is 0 Å². The first-order chi connectivity index (χ1) is 10.8. The van der Waals surface area contributed by atoms with Crippen LogP contribution in [0.25, 0.3) is 0 Å². The Kier molecular flexibility index (Phi) is 5.64. The van der Waals surface area contributed by atoms with E-state index in [1.54, 1.807) is 0 Å². The van der Waals surface area contributed by atoms with Gasteiger partial charge in [0.25, 0.3) is 0 Å². The number of aromatic nitrogens is 1. The summed E-state index contributed by atoms with van der Waals surface area (Å²) in [7, 11) is 2.20. The van der Waals surface area contributed by atoms with E-state index in [9.17, 15) is 0 Å². The summed E-state index contributed by atoms with van der Waals surface area (Å²) in [4.78, 5) is 9.30. The molecule has 2 fully saturated rings. The van der Waals surface area contributed by atoms with Gasteiger partial charge < -0.3 is 19.3 Å². The molecule has 5 nitrogen and oxygen atoms in total. The molecule has 0 spiro atoms. The standard InChI is InChI=1S/C17H27N3O2/c1-19-5-2-6-20(8-7-19)16-11-15(12-18-13-16)3-4-17-14-21-9-10-22-17/h11-13,17H,2-10,14H2,1H3. The van der Waals surface area contributed by atoms with Gasteiger partial charge >= 0.3 is 0 Å². The van der Waals surface area contributed by atoms with Crippen LogP contribution in [0, 0.1) is 0 Å². The van der Waals surface area contributed by atoms with Crippen LogP contribution in [0.5, 0.6) is 0 Å². The Labute approximate surface area is 133 Å². The van der Waals surface area contributed by atoms with E-state index in [1.165, 1.54) is 24.2 Å². The van der Waals surface area contributed by atoms with E-state index in [1.807, 2.05) is 12.4 Å². The molecule has 3 rings (SSSR count). The maximum atomic E-state index is 5.71. The lowest BCUT2D eigenvalue weighted by Gasteiger charge is -2.24. The molecule has 3 heterocycles. The molecule has 2 aliphatic rings. The van der Waals surface area contributed by atoms with Crippen molar-refractivity contribution in [1.29, 1.82) is 0 Å². The molecular formula is C17H27N3O2. The zero-order valence-electron chi connectivity index (χ0n) is 13.5. The minimum Gasteiger partial charge on any atom is -0.376 e. The first-order valence-corrected chi connectivity index (χ1v) is 8.38. The first kappa shape index (κ1) is 15.7. The monoisotopic (exact) mass is 305 g/mol. The highest BCUT2D eigenvalue weighted by molar-refractivity contribution is 5.46. The molecule has 0 radical (unpaired) electrons. The molecule has 1 atom stereocenters. The van der Waals surface area contributed by atoms with Crippen LogP contribution in [-0.2, 0) is 15.9 Å². The second kappa shape index (κ2) is 7.90. The summed E-state index contributed by atoms with van der Waals surface area (Å²) in [5, 5.41) is 0. The predicted molar refractivity (Wildman–Crippen MR) is 87.4 cm³/mol. The number of aryl methyl sites for hydroxylation is 1. The van der Waals surface area contributed by atoms with Gasteiger partial charge in [0.05, 0.1) is 37.8 Å². The average Bonchev–Trinajstić information content (AvgIpc) is 2.79. The van der Waals surface area contributed by atoms with E-state index < -0.39 is 0 Å². The maximum absolute atomic E-state index is 5.71. The molecular weight excluding hydrogens is 278 g/mol. The Balaban J connectivity index is 1.57. The van der Waals surface area contributed by atoms with Crippen LogP contribution >= 0.6 is 0 Å². The van der Waals surface area contributed by atoms with E-state index >= 15 is 0 Å². The molecule has 122 valence electrons. The number of hydrogen-bond acceptors (Lipinski definition) is 5. The number of pyridine rings is 1. The van der Waals surface area contributed by atoms with Gasteiger partial charge in [-0.1, -0.05) is 0 Å². The summed E-state index contributed by atoms with van der Waals surface area (Å²) in [6.07, 6.45) is 7.45. The number of hydrogen-bond donors (Lipinski definition) is 0. The van der Waals surface area contributed by atoms with Crippen LogP contribution < -0.4 is 4.90 Å². The molecule has 22 heavy (non-hydrogen) atoms. The molecule has 0 aliphatic carbocycles. The zero-order valence-corrected chi connectivity index (χ0v) is 13.5. The zero-order chi connectivity index (χ0) is 15.2. The second-order valence-corrected chi connectivity index (χ2v) is 6.30. The van der Waals surface area contributed by atoms with E-state index in [2.05, 4.69) is 27.9 Å². The predicted octanol–water partition coefficient (Wildman–Crippen LogP) is 1.57. The normalized spacial score (nSPS) is 24.2. The van der Waals surface area contributed by atoms with Crippen LogP contribution in [0.2, 0.25) is 0 Å². The van der Waals surface area contributed by atoms with Crippen molar-refractivity contribution in [1.82, 2.24) is 9.88 Å². The lowest BCUT2D eigenvalue weighted by Crippen LogP contribution is -2.29. The summed E-state index contributed by atoms with van der Waals surface area (Å²) in [6.45, 7) is 6.70. The van der Waals surface area contributed by atoms with Crippen molar-refractivity contribution in [3.8, 4) is 0 Å². The van der Waals surface area contributed by atoms with Crippen molar-refractivity contribution in [2.75, 3.05) is 57.9 Å². The lowest BCUT2D eigenvalue weighted by atomic mass is 10.1. The van der Waals surface area contributed by atoms with Gasteiger partial charge in [-0.05, 0) is 44.5 Å². The SMILES string of the molecule is CN1CCCN(c2cncc(CCC3COCCO3)c2)CC1. The molecule has 0 amide bonds. The van der Waals surface area contributed by atoms with Gasteiger partial charge in [0.2, 0.25) is 0 Å². The van der Waals surface area contributed by atoms with Gasteiger partial charge in [-0.2, -0.15) is 0 Å². The summed E-state index contributed by atoms with van der Waals surface area (Å²) >= 11 is 0. The van der Waals surface area contributed by atoms with Crippen LogP contribution in [-0.4, -0.2) is 69.0 Å². The maximum Gasteiger partial charge on any atom is 0.0812 e. The van der Waals surface area contributed by atoms with Crippen molar-refractivity contribution in [3.05, 3.63) is 24.0 Å². The van der Waals surface area contributed by atoms with Crippen molar-refractivity contribution >= 4 is 5.69 Å². The minimum atomic E-state index is 0.240. The summed E-state index contributed by atoms with van der Waals surface area (Å²) in [5.74, 6) is 0. The van der Waals surface area contributed by atoms with Crippen LogP contribution in [0.3, 0.4) is 0 Å². The van der Waals surface area contributed by atoms with E-state index in [4.69, 9.17) is 9.47 Å². The third-order valence-electron chi connectivity index (χ3n) is 4.51. The summed E-state index contributed by atoms with van der Waals surface area (Å²) in [5.41, 5.74) is 2.55. The van der Waals surface area contributed by atoms with Crippen molar-refractivity contribution in [2.24, 2.45) is 0 Å². The van der Waals surface area contributed by atoms with Gasteiger partial charge in [0.15, 0.2) is 0 Å². The largest absolute Gasteiger partial charge is 0.376 e. The Bertz CT molecular complexity index is 463. The molecule has 0 saturated carbocycles. The van der Waals surface area contributed by atoms with E-state index in [0.717, 1.165) is 52.3 Å². The second-order valence-electron chi connectivity index (χ2n) is 6.30. The fourth-order valence-electron chi connectivity index (χ4n) is 3.12. The molecule has 1 aromatic heterocycles. The number of rotatable bonds is 4. The van der Waals surface area contributed by atoms with Crippen LogP contribution in [0.1, 0.15) is 18.4 Å². The molecule has 1 unspecified atom stereocenters. The number of anilines is 1. The summed E-state index contributed by atoms with van der Waals surface area (Å²) < 4.78 is 11.2. The smallest absolute Gasteiger partial charge is 0.0812 e. The van der Waals surface area contributed by atoms with Gasteiger partial charge in [-0.25, -0.2) is 0 Å². The highest BCUT2D eigenvalue weighted by Gasteiger charge is 2.16. The van der Waals surface area contributed by atoms with Crippen molar-refractivity contribution < 1.29 is 9.47 Å². The Morgan fingerprint density at radius 2 is 2.14 bits per heavy atom. The lowest BCUT2D eigenvalue weighted by molar-refractivity contribution is -0.0903. The van der Waals surface area contributed by atoms with Gasteiger partial charge in [0, 0.05) is 25.8 Å². The fraction of sp³-hybridized carbons (Fsp3) is 0.706. The van der Waals surface area contributed by atoms with Gasteiger partial charge in [-0.3, -0.25) is 4.98 Å².